The summed E-state index contributed by atoms with van der Waals surface area (Å²) in [4.78, 5) is 34.5. The van der Waals surface area contributed by atoms with Crippen LogP contribution in [-0.2, 0) is 4.74 Å². The van der Waals surface area contributed by atoms with Crippen LogP contribution in [-0.4, -0.2) is 27.6 Å². The van der Waals surface area contributed by atoms with Gasteiger partial charge in [-0.3, -0.25) is 9.36 Å². The van der Waals surface area contributed by atoms with E-state index in [9.17, 15) is 9.59 Å². The third-order valence-electron chi connectivity index (χ3n) is 5.44. The summed E-state index contributed by atoms with van der Waals surface area (Å²) in [6.07, 6.45) is 5.51. The molecule has 2 aromatic carbocycles. The molecule has 154 valence electrons. The van der Waals surface area contributed by atoms with E-state index in [4.69, 9.17) is 4.74 Å². The Labute approximate surface area is 178 Å². The molecule has 0 saturated heterocycles. The van der Waals surface area contributed by atoms with E-state index in [-0.39, 0.29) is 5.56 Å². The van der Waals surface area contributed by atoms with Crippen LogP contribution in [0.5, 0.6) is 0 Å². The summed E-state index contributed by atoms with van der Waals surface area (Å²) in [6, 6.07) is 16.5. The molecule has 7 nitrogen and oxygen atoms in total. The molecule has 0 radical (unpaired) electrons. The second kappa shape index (κ2) is 7.68. The molecule has 1 aliphatic rings. The van der Waals surface area contributed by atoms with Crippen molar-refractivity contribution < 1.29 is 9.53 Å². The van der Waals surface area contributed by atoms with Crippen molar-refractivity contribution >= 4 is 28.4 Å². The minimum Gasteiger partial charge on any atom is -0.465 e. The summed E-state index contributed by atoms with van der Waals surface area (Å²) in [5.41, 5.74) is 3.06. The number of para-hydroxylation sites is 2. The first-order chi connectivity index (χ1) is 15.2. The van der Waals surface area contributed by atoms with E-state index in [0.29, 0.717) is 33.9 Å². The maximum absolute atomic E-state index is 13.1. The van der Waals surface area contributed by atoms with Crippen LogP contribution in [0.15, 0.2) is 71.9 Å². The molecule has 0 aliphatic heterocycles. The molecule has 5 rings (SSSR count). The first kappa shape index (κ1) is 19.0. The molecule has 1 saturated carbocycles. The summed E-state index contributed by atoms with van der Waals surface area (Å²) in [5, 5.41) is 3.64. The van der Waals surface area contributed by atoms with Crippen LogP contribution in [0.4, 0.5) is 11.5 Å². The topological polar surface area (TPSA) is 86.1 Å². The third-order valence-corrected chi connectivity index (χ3v) is 5.44. The number of nitrogens with zero attached hydrogens (tertiary/aromatic N) is 3. The van der Waals surface area contributed by atoms with Crippen LogP contribution in [0, 0.1) is 0 Å². The van der Waals surface area contributed by atoms with Gasteiger partial charge in [-0.25, -0.2) is 14.8 Å². The van der Waals surface area contributed by atoms with Crippen molar-refractivity contribution in [2.24, 2.45) is 0 Å². The lowest BCUT2D eigenvalue weighted by Gasteiger charge is -2.13. The lowest BCUT2D eigenvalue weighted by atomic mass is 10.1. The van der Waals surface area contributed by atoms with Gasteiger partial charge in [0.15, 0.2) is 0 Å². The van der Waals surface area contributed by atoms with Crippen molar-refractivity contribution in [3.05, 3.63) is 88.6 Å². The van der Waals surface area contributed by atoms with Crippen molar-refractivity contribution in [2.75, 3.05) is 12.4 Å². The molecule has 0 unspecified atom stereocenters. The monoisotopic (exact) mass is 412 g/mol. The zero-order valence-corrected chi connectivity index (χ0v) is 16.9. The van der Waals surface area contributed by atoms with Crippen LogP contribution in [0.2, 0.25) is 0 Å². The van der Waals surface area contributed by atoms with E-state index in [2.05, 4.69) is 15.3 Å². The first-order valence-corrected chi connectivity index (χ1v) is 10.1. The summed E-state index contributed by atoms with van der Waals surface area (Å²) >= 11 is 0. The number of anilines is 2. The number of aromatic nitrogens is 3. The number of methoxy groups -OCH3 is 1. The molecule has 4 aromatic rings. The third kappa shape index (κ3) is 3.54. The zero-order valence-electron chi connectivity index (χ0n) is 16.9. The molecular formula is C24H20N4O3. The number of fused-ring (bicyclic) bond motifs is 1. The molecule has 0 spiro atoms. The number of benzene rings is 2. The van der Waals surface area contributed by atoms with Gasteiger partial charge in [-0.2, -0.15) is 0 Å². The Morgan fingerprint density at radius 2 is 1.90 bits per heavy atom. The van der Waals surface area contributed by atoms with E-state index in [1.54, 1.807) is 24.4 Å². The highest BCUT2D eigenvalue weighted by Gasteiger charge is 2.26. The van der Waals surface area contributed by atoms with Gasteiger partial charge in [0.25, 0.3) is 5.56 Å². The van der Waals surface area contributed by atoms with Gasteiger partial charge in [0, 0.05) is 6.20 Å². The number of hydrogen-bond acceptors (Lipinski definition) is 6. The molecule has 31 heavy (non-hydrogen) atoms. The summed E-state index contributed by atoms with van der Waals surface area (Å²) < 4.78 is 6.46. The molecule has 0 amide bonds. The van der Waals surface area contributed by atoms with Gasteiger partial charge in [-0.1, -0.05) is 24.3 Å². The Morgan fingerprint density at radius 1 is 1.10 bits per heavy atom. The average Bonchev–Trinajstić information content (AvgIpc) is 3.66. The molecule has 2 heterocycles. The summed E-state index contributed by atoms with van der Waals surface area (Å²) in [7, 11) is 1.35. The average molecular weight is 412 g/mol. The number of nitrogens with one attached hydrogen (secondary N) is 1. The van der Waals surface area contributed by atoms with E-state index < -0.39 is 5.97 Å². The highest BCUT2D eigenvalue weighted by atomic mass is 16.5. The van der Waals surface area contributed by atoms with Crippen LogP contribution in [0.25, 0.3) is 16.6 Å². The van der Waals surface area contributed by atoms with Crippen molar-refractivity contribution in [2.45, 2.75) is 18.8 Å². The Hall–Kier alpha value is -4.00. The Morgan fingerprint density at radius 3 is 2.65 bits per heavy atom. The summed E-state index contributed by atoms with van der Waals surface area (Å²) in [5.74, 6) is 0.371. The van der Waals surface area contributed by atoms with Crippen molar-refractivity contribution in [3.63, 3.8) is 0 Å². The van der Waals surface area contributed by atoms with Crippen molar-refractivity contribution in [1.82, 2.24) is 14.5 Å². The maximum atomic E-state index is 13.1. The van der Waals surface area contributed by atoms with Gasteiger partial charge < -0.3 is 10.1 Å². The second-order valence-electron chi connectivity index (χ2n) is 7.51. The van der Waals surface area contributed by atoms with E-state index in [1.807, 2.05) is 36.4 Å². The molecule has 2 aromatic heterocycles. The first-order valence-electron chi connectivity index (χ1n) is 10.1. The fraction of sp³-hybridized carbons (Fsp3) is 0.167. The lowest BCUT2D eigenvalue weighted by Crippen LogP contribution is -2.19. The Balaban J connectivity index is 1.58. The number of carbonyl (C=O) groups excluding carboxylic acids is 1. The van der Waals surface area contributed by atoms with Crippen LogP contribution < -0.4 is 10.9 Å². The predicted octanol–water partition coefficient (Wildman–Crippen LogP) is 4.19. The Bertz CT molecular complexity index is 1340. The molecule has 7 heteroatoms. The molecule has 1 N–H and O–H groups in total. The number of esters is 1. The van der Waals surface area contributed by atoms with Gasteiger partial charge in [-0.05, 0) is 54.7 Å². The number of ether oxygens (including phenoxy) is 1. The van der Waals surface area contributed by atoms with E-state index in [0.717, 1.165) is 24.1 Å². The number of rotatable bonds is 5. The number of pyridine rings is 1. The number of hydrogen-bond donors (Lipinski definition) is 1. The molecular weight excluding hydrogens is 392 g/mol. The van der Waals surface area contributed by atoms with Gasteiger partial charge in [0.2, 0.25) is 0 Å². The van der Waals surface area contributed by atoms with Crippen LogP contribution in [0.3, 0.4) is 0 Å². The smallest absolute Gasteiger partial charge is 0.341 e. The summed E-state index contributed by atoms with van der Waals surface area (Å²) in [6.45, 7) is 0. The largest absolute Gasteiger partial charge is 0.465 e. The minimum absolute atomic E-state index is 0.176. The van der Waals surface area contributed by atoms with E-state index >= 15 is 0 Å². The Kier molecular flexibility index (Phi) is 4.71. The van der Waals surface area contributed by atoms with Crippen molar-refractivity contribution in [3.8, 4) is 5.69 Å². The highest BCUT2D eigenvalue weighted by Crippen LogP contribution is 2.40. The van der Waals surface area contributed by atoms with Crippen LogP contribution >= 0.6 is 0 Å². The predicted molar refractivity (Wildman–Crippen MR) is 118 cm³/mol. The second-order valence-corrected chi connectivity index (χ2v) is 7.51. The normalized spacial score (nSPS) is 13.2. The fourth-order valence-corrected chi connectivity index (χ4v) is 3.64. The SMILES string of the molecule is COC(=O)c1cc(C2CC2)cnc1Nc1cccc2c(=O)n(-c3ccccc3)cnc12. The highest BCUT2D eigenvalue weighted by molar-refractivity contribution is 5.98. The van der Waals surface area contributed by atoms with Gasteiger partial charge >= 0.3 is 5.97 Å². The minimum atomic E-state index is -0.461. The van der Waals surface area contributed by atoms with E-state index in [1.165, 1.54) is 18.0 Å². The quantitative estimate of drug-likeness (QED) is 0.495. The molecule has 1 fully saturated rings. The van der Waals surface area contributed by atoms with Gasteiger partial charge in [0.1, 0.15) is 23.2 Å². The molecule has 0 atom stereocenters. The maximum Gasteiger partial charge on any atom is 0.341 e. The van der Waals surface area contributed by atoms with Crippen LogP contribution in [0.1, 0.15) is 34.7 Å². The molecule has 0 bridgehead atoms. The molecule has 1 aliphatic carbocycles. The standard InChI is InChI=1S/C24H20N4O3/c1-31-24(30)19-12-16(15-10-11-15)13-25-22(19)27-20-9-5-8-18-21(20)26-14-28(23(18)29)17-6-3-2-4-7-17/h2-9,12-15H,10-11H2,1H3,(H,25,27). The fourth-order valence-electron chi connectivity index (χ4n) is 3.64. The lowest BCUT2D eigenvalue weighted by molar-refractivity contribution is 0.0601. The zero-order chi connectivity index (χ0) is 21.4. The van der Waals surface area contributed by atoms with Gasteiger partial charge in [-0.15, -0.1) is 0 Å². The van der Waals surface area contributed by atoms with Crippen molar-refractivity contribution in [1.29, 1.82) is 0 Å². The number of carbonyl (C=O) groups is 1. The van der Waals surface area contributed by atoms with Gasteiger partial charge in [0.05, 0.1) is 23.9 Å².